The van der Waals surface area contributed by atoms with Gasteiger partial charge in [0.2, 0.25) is 0 Å². The average Bonchev–Trinajstić information content (AvgIpc) is 2.46. The van der Waals surface area contributed by atoms with Crippen molar-refractivity contribution in [2.45, 2.75) is 26.3 Å². The summed E-state index contributed by atoms with van der Waals surface area (Å²) in [5.41, 5.74) is 7.13. The Morgan fingerprint density at radius 1 is 1.38 bits per heavy atom. The summed E-state index contributed by atoms with van der Waals surface area (Å²) in [5.74, 6) is 1.18. The van der Waals surface area contributed by atoms with Crippen LogP contribution in [0.2, 0.25) is 0 Å². The molecule has 0 atom stereocenters. The Kier molecular flexibility index (Phi) is 5.08. The van der Waals surface area contributed by atoms with Gasteiger partial charge in [-0.05, 0) is 36.5 Å². The van der Waals surface area contributed by atoms with Crippen molar-refractivity contribution in [1.29, 1.82) is 0 Å². The van der Waals surface area contributed by atoms with Gasteiger partial charge in [0.1, 0.15) is 5.75 Å². The number of nitrogens with one attached hydrogen (secondary N) is 1. The normalized spacial score (nSPS) is 17.8. The summed E-state index contributed by atoms with van der Waals surface area (Å²) in [6.45, 7) is 3.54. The molecule has 1 aliphatic rings. The third-order valence-corrected chi connectivity index (χ3v) is 5.39. The second-order valence-corrected chi connectivity index (χ2v) is 7.24. The summed E-state index contributed by atoms with van der Waals surface area (Å²) in [5, 5.41) is 0. The zero-order valence-corrected chi connectivity index (χ0v) is 13.3. The van der Waals surface area contributed by atoms with Crippen molar-refractivity contribution in [1.82, 2.24) is 9.03 Å². The molecule has 0 saturated carbocycles. The fourth-order valence-electron chi connectivity index (χ4n) is 2.38. The van der Waals surface area contributed by atoms with Crippen LogP contribution in [0.4, 0.5) is 5.69 Å². The molecule has 0 spiro atoms. The lowest BCUT2D eigenvalue weighted by atomic mass is 10.0. The van der Waals surface area contributed by atoms with Crippen LogP contribution in [0.3, 0.4) is 0 Å². The van der Waals surface area contributed by atoms with Crippen LogP contribution in [0, 0.1) is 5.92 Å². The number of nitrogens with two attached hydrogens (primary N) is 1. The number of hydrogen-bond acceptors (Lipinski definition) is 4. The maximum absolute atomic E-state index is 12.2. The van der Waals surface area contributed by atoms with E-state index in [9.17, 15) is 8.42 Å². The van der Waals surface area contributed by atoms with E-state index in [-0.39, 0.29) is 6.54 Å². The Morgan fingerprint density at radius 3 is 2.62 bits per heavy atom. The first-order chi connectivity index (χ1) is 9.92. The first-order valence-corrected chi connectivity index (χ1v) is 8.53. The van der Waals surface area contributed by atoms with Crippen LogP contribution in [0.5, 0.6) is 5.75 Å². The summed E-state index contributed by atoms with van der Waals surface area (Å²) in [6.07, 6.45) is 1.83. The van der Waals surface area contributed by atoms with E-state index in [1.807, 2.05) is 0 Å². The molecule has 1 saturated heterocycles. The maximum Gasteiger partial charge on any atom is 0.279 e. The number of ether oxygens (including phenoxy) is 1. The lowest BCUT2D eigenvalue weighted by molar-refractivity contribution is 0.285. The molecule has 3 N–H and O–H groups in total. The average molecular weight is 313 g/mol. The molecule has 0 bridgehead atoms. The molecule has 1 fully saturated rings. The molecule has 1 heterocycles. The van der Waals surface area contributed by atoms with E-state index in [0.717, 1.165) is 18.4 Å². The quantitative estimate of drug-likeness (QED) is 0.804. The standard InChI is InChI=1S/C14H23N3O3S/c1-11-5-7-17(8-6-11)21(18,19)16-10-12-3-4-14(20-2)13(15)9-12/h3-4,9,11,16H,5-8,10,15H2,1-2H3. The van der Waals surface area contributed by atoms with Crippen LogP contribution in [-0.4, -0.2) is 32.9 Å². The van der Waals surface area contributed by atoms with Crippen LogP contribution in [0.15, 0.2) is 18.2 Å². The van der Waals surface area contributed by atoms with E-state index in [4.69, 9.17) is 10.5 Å². The van der Waals surface area contributed by atoms with Crippen molar-refractivity contribution in [2.24, 2.45) is 5.92 Å². The van der Waals surface area contributed by atoms with Gasteiger partial charge in [0.25, 0.3) is 10.2 Å². The molecule has 118 valence electrons. The zero-order valence-electron chi connectivity index (χ0n) is 12.5. The molecule has 0 unspecified atom stereocenters. The van der Waals surface area contributed by atoms with Gasteiger partial charge < -0.3 is 10.5 Å². The Hall–Kier alpha value is -1.31. The van der Waals surface area contributed by atoms with Crippen LogP contribution < -0.4 is 15.2 Å². The van der Waals surface area contributed by atoms with Gasteiger partial charge in [-0.2, -0.15) is 17.4 Å². The molecule has 21 heavy (non-hydrogen) atoms. The van der Waals surface area contributed by atoms with E-state index >= 15 is 0 Å². The third-order valence-electron chi connectivity index (χ3n) is 3.84. The first-order valence-electron chi connectivity index (χ1n) is 7.09. The predicted molar refractivity (Wildman–Crippen MR) is 83.1 cm³/mol. The van der Waals surface area contributed by atoms with E-state index in [1.165, 1.54) is 4.31 Å². The van der Waals surface area contributed by atoms with E-state index in [1.54, 1.807) is 25.3 Å². The van der Waals surface area contributed by atoms with Gasteiger partial charge in [-0.3, -0.25) is 0 Å². The first kappa shape index (κ1) is 16.1. The molecule has 1 aromatic rings. The van der Waals surface area contributed by atoms with E-state index < -0.39 is 10.2 Å². The van der Waals surface area contributed by atoms with E-state index in [0.29, 0.717) is 30.4 Å². The fraction of sp³-hybridized carbons (Fsp3) is 0.571. The molecule has 0 aliphatic carbocycles. The summed E-state index contributed by atoms with van der Waals surface area (Å²) in [6, 6.07) is 5.26. The Labute approximate surface area is 126 Å². The van der Waals surface area contributed by atoms with Crippen LogP contribution >= 0.6 is 0 Å². The van der Waals surface area contributed by atoms with Crippen molar-refractivity contribution >= 4 is 15.9 Å². The monoisotopic (exact) mass is 313 g/mol. The van der Waals surface area contributed by atoms with Crippen LogP contribution in [0.1, 0.15) is 25.3 Å². The predicted octanol–water partition coefficient (Wildman–Crippen LogP) is 1.34. The van der Waals surface area contributed by atoms with Crippen molar-refractivity contribution in [2.75, 3.05) is 25.9 Å². The van der Waals surface area contributed by atoms with Crippen molar-refractivity contribution < 1.29 is 13.2 Å². The number of hydrogen-bond donors (Lipinski definition) is 2. The maximum atomic E-state index is 12.2. The van der Waals surface area contributed by atoms with Gasteiger partial charge in [0.05, 0.1) is 12.8 Å². The van der Waals surface area contributed by atoms with Gasteiger partial charge in [-0.1, -0.05) is 13.0 Å². The number of rotatable bonds is 5. The number of methoxy groups -OCH3 is 1. The zero-order chi connectivity index (χ0) is 15.5. The molecule has 1 aromatic carbocycles. The molecule has 1 aliphatic heterocycles. The van der Waals surface area contributed by atoms with Gasteiger partial charge >= 0.3 is 0 Å². The topological polar surface area (TPSA) is 84.7 Å². The van der Waals surface area contributed by atoms with Gasteiger partial charge in [-0.25, -0.2) is 0 Å². The van der Waals surface area contributed by atoms with Crippen molar-refractivity contribution in [3.63, 3.8) is 0 Å². The Morgan fingerprint density at radius 2 is 2.05 bits per heavy atom. The third kappa shape index (κ3) is 4.09. The highest BCUT2D eigenvalue weighted by molar-refractivity contribution is 7.87. The molecule has 6 nitrogen and oxygen atoms in total. The Bertz CT molecular complexity index is 581. The molecule has 0 aromatic heterocycles. The second kappa shape index (κ2) is 6.64. The van der Waals surface area contributed by atoms with Gasteiger partial charge in [-0.15, -0.1) is 0 Å². The highest BCUT2D eigenvalue weighted by Crippen LogP contribution is 2.22. The highest BCUT2D eigenvalue weighted by atomic mass is 32.2. The molecule has 0 radical (unpaired) electrons. The number of piperidine rings is 1. The summed E-state index contributed by atoms with van der Waals surface area (Å²) in [7, 11) is -1.88. The molecular weight excluding hydrogens is 290 g/mol. The number of benzene rings is 1. The minimum absolute atomic E-state index is 0.225. The SMILES string of the molecule is COc1ccc(CNS(=O)(=O)N2CCC(C)CC2)cc1N. The molecule has 0 amide bonds. The summed E-state index contributed by atoms with van der Waals surface area (Å²) < 4.78 is 33.7. The minimum Gasteiger partial charge on any atom is -0.495 e. The smallest absolute Gasteiger partial charge is 0.279 e. The number of nitrogens with zero attached hydrogens (tertiary/aromatic N) is 1. The van der Waals surface area contributed by atoms with E-state index in [2.05, 4.69) is 11.6 Å². The Balaban J connectivity index is 1.97. The highest BCUT2D eigenvalue weighted by Gasteiger charge is 2.25. The van der Waals surface area contributed by atoms with Crippen LogP contribution in [0.25, 0.3) is 0 Å². The second-order valence-electron chi connectivity index (χ2n) is 5.48. The van der Waals surface area contributed by atoms with Gasteiger partial charge in [0.15, 0.2) is 0 Å². The number of anilines is 1. The molecular formula is C14H23N3O3S. The molecule has 2 rings (SSSR count). The lowest BCUT2D eigenvalue weighted by Gasteiger charge is -2.29. The minimum atomic E-state index is -3.42. The summed E-state index contributed by atoms with van der Waals surface area (Å²) >= 11 is 0. The molecule has 7 heteroatoms. The van der Waals surface area contributed by atoms with Gasteiger partial charge in [0, 0.05) is 19.6 Å². The van der Waals surface area contributed by atoms with Crippen LogP contribution in [-0.2, 0) is 16.8 Å². The largest absolute Gasteiger partial charge is 0.495 e. The fourth-order valence-corrected chi connectivity index (χ4v) is 3.61. The number of nitrogen functional groups attached to an aromatic ring is 1. The van der Waals surface area contributed by atoms with Crippen molar-refractivity contribution in [3.8, 4) is 5.75 Å². The summed E-state index contributed by atoms with van der Waals surface area (Å²) in [4.78, 5) is 0. The lowest BCUT2D eigenvalue weighted by Crippen LogP contribution is -2.44. The van der Waals surface area contributed by atoms with Crippen molar-refractivity contribution in [3.05, 3.63) is 23.8 Å².